The number of nitrogens with one attached hydrogen (secondary N) is 2. The van der Waals surface area contributed by atoms with E-state index in [1.807, 2.05) is 0 Å². The predicted octanol–water partition coefficient (Wildman–Crippen LogP) is 3.09. The quantitative estimate of drug-likeness (QED) is 0.885. The Balaban J connectivity index is 1.88. The number of carbonyl (C=O) groups excluding carboxylic acids is 2. The van der Waals surface area contributed by atoms with Gasteiger partial charge in [-0.2, -0.15) is 0 Å². The minimum Gasteiger partial charge on any atom is -0.376 e. The third kappa shape index (κ3) is 5.00. The number of rotatable bonds is 5. The summed E-state index contributed by atoms with van der Waals surface area (Å²) in [5, 5.41) is 6.32. The molecule has 0 aromatic heterocycles. The molecule has 0 spiro atoms. The van der Waals surface area contributed by atoms with E-state index in [2.05, 4.69) is 10.6 Å². The maximum atomic E-state index is 11.9. The van der Waals surface area contributed by atoms with Gasteiger partial charge in [0.2, 0.25) is 5.91 Å². The fourth-order valence-electron chi connectivity index (χ4n) is 1.94. The molecule has 0 radical (unpaired) electrons. The Kier molecular flexibility index (Phi) is 5.60. The Bertz CT molecular complexity index is 699. The highest BCUT2D eigenvalue weighted by molar-refractivity contribution is 6.30. The van der Waals surface area contributed by atoms with Crippen LogP contribution in [-0.4, -0.2) is 37.4 Å². The van der Waals surface area contributed by atoms with Crippen LogP contribution in [-0.2, 0) is 4.79 Å². The summed E-state index contributed by atoms with van der Waals surface area (Å²) in [6.45, 7) is 0.119. The van der Waals surface area contributed by atoms with Crippen molar-refractivity contribution in [3.05, 3.63) is 59.1 Å². The molecule has 0 heterocycles. The Hall–Kier alpha value is -2.53. The predicted molar refractivity (Wildman–Crippen MR) is 93.0 cm³/mol. The van der Waals surface area contributed by atoms with E-state index >= 15 is 0 Å². The van der Waals surface area contributed by atoms with Gasteiger partial charge in [0.05, 0.1) is 6.54 Å². The molecule has 0 atom stereocenters. The molecule has 0 aliphatic rings. The molecule has 2 aromatic rings. The summed E-state index contributed by atoms with van der Waals surface area (Å²) in [6, 6.07) is 13.9. The number of anilines is 2. The average Bonchev–Trinajstić information content (AvgIpc) is 2.52. The minimum absolute atomic E-state index is 0.0600. The Labute approximate surface area is 140 Å². The van der Waals surface area contributed by atoms with E-state index in [0.717, 1.165) is 5.69 Å². The van der Waals surface area contributed by atoms with E-state index in [4.69, 9.17) is 11.6 Å². The highest BCUT2D eigenvalue weighted by atomic mass is 35.5. The normalized spacial score (nSPS) is 10.0. The molecule has 23 heavy (non-hydrogen) atoms. The van der Waals surface area contributed by atoms with Crippen molar-refractivity contribution in [2.45, 2.75) is 0 Å². The van der Waals surface area contributed by atoms with Crippen LogP contribution in [0.2, 0.25) is 5.02 Å². The molecule has 0 aliphatic carbocycles. The van der Waals surface area contributed by atoms with Gasteiger partial charge in [0.15, 0.2) is 0 Å². The molecule has 0 fully saturated rings. The standard InChI is InChI=1S/C17H18ClN3O2/c1-21(2)17(23)12-6-8-14(9-7-12)19-11-16(22)20-15-5-3-4-13(18)10-15/h3-10,19H,11H2,1-2H3,(H,20,22). The molecular formula is C17H18ClN3O2. The summed E-state index contributed by atoms with van der Waals surface area (Å²) in [5.41, 5.74) is 2.02. The second-order valence-electron chi connectivity index (χ2n) is 5.19. The van der Waals surface area contributed by atoms with Gasteiger partial charge in [0, 0.05) is 36.1 Å². The maximum absolute atomic E-state index is 11.9. The number of hydrogen-bond donors (Lipinski definition) is 2. The molecule has 0 bridgehead atoms. The smallest absolute Gasteiger partial charge is 0.253 e. The maximum Gasteiger partial charge on any atom is 0.253 e. The molecule has 2 amide bonds. The molecule has 120 valence electrons. The van der Waals surface area contributed by atoms with Gasteiger partial charge < -0.3 is 15.5 Å². The number of halogens is 1. The lowest BCUT2D eigenvalue weighted by Crippen LogP contribution is -2.22. The SMILES string of the molecule is CN(C)C(=O)c1ccc(NCC(=O)Nc2cccc(Cl)c2)cc1. The third-order valence-corrected chi connectivity index (χ3v) is 3.33. The zero-order valence-corrected chi connectivity index (χ0v) is 13.7. The van der Waals surface area contributed by atoms with Gasteiger partial charge >= 0.3 is 0 Å². The van der Waals surface area contributed by atoms with Crippen molar-refractivity contribution in [1.29, 1.82) is 0 Å². The number of amides is 2. The van der Waals surface area contributed by atoms with Gasteiger partial charge in [0.1, 0.15) is 0 Å². The van der Waals surface area contributed by atoms with Crippen molar-refractivity contribution in [3.63, 3.8) is 0 Å². The topological polar surface area (TPSA) is 61.4 Å². The van der Waals surface area contributed by atoms with Gasteiger partial charge in [-0.05, 0) is 42.5 Å². The first kappa shape index (κ1) is 16.8. The lowest BCUT2D eigenvalue weighted by molar-refractivity contribution is -0.114. The van der Waals surface area contributed by atoms with Crippen LogP contribution < -0.4 is 10.6 Å². The van der Waals surface area contributed by atoms with Crippen molar-refractivity contribution in [2.24, 2.45) is 0 Å². The highest BCUT2D eigenvalue weighted by Gasteiger charge is 2.07. The van der Waals surface area contributed by atoms with Crippen LogP contribution in [0.1, 0.15) is 10.4 Å². The minimum atomic E-state index is -0.180. The van der Waals surface area contributed by atoms with Gasteiger partial charge in [-0.3, -0.25) is 9.59 Å². The van der Waals surface area contributed by atoms with Gasteiger partial charge in [0.25, 0.3) is 5.91 Å². The fraction of sp³-hybridized carbons (Fsp3) is 0.176. The molecule has 5 nitrogen and oxygen atoms in total. The van der Waals surface area contributed by atoms with Crippen LogP contribution in [0, 0.1) is 0 Å². The lowest BCUT2D eigenvalue weighted by Gasteiger charge is -2.11. The van der Waals surface area contributed by atoms with E-state index in [1.165, 1.54) is 4.90 Å². The van der Waals surface area contributed by atoms with Crippen molar-refractivity contribution < 1.29 is 9.59 Å². The second-order valence-corrected chi connectivity index (χ2v) is 5.63. The number of benzene rings is 2. The third-order valence-electron chi connectivity index (χ3n) is 3.10. The van der Waals surface area contributed by atoms with Crippen LogP contribution in [0.25, 0.3) is 0 Å². The lowest BCUT2D eigenvalue weighted by atomic mass is 10.2. The van der Waals surface area contributed by atoms with Crippen LogP contribution in [0.5, 0.6) is 0 Å². The first-order valence-electron chi connectivity index (χ1n) is 7.07. The van der Waals surface area contributed by atoms with Gasteiger partial charge in [-0.1, -0.05) is 17.7 Å². The number of hydrogen-bond acceptors (Lipinski definition) is 3. The average molecular weight is 332 g/mol. The van der Waals surface area contributed by atoms with E-state index in [1.54, 1.807) is 62.6 Å². The van der Waals surface area contributed by atoms with Crippen molar-refractivity contribution >= 4 is 34.8 Å². The zero-order chi connectivity index (χ0) is 16.8. The molecule has 2 N–H and O–H groups in total. The van der Waals surface area contributed by atoms with Crippen LogP contribution in [0.3, 0.4) is 0 Å². The Morgan fingerprint density at radius 2 is 1.74 bits per heavy atom. The van der Waals surface area contributed by atoms with Crippen LogP contribution in [0.15, 0.2) is 48.5 Å². The zero-order valence-electron chi connectivity index (χ0n) is 13.0. The first-order chi connectivity index (χ1) is 11.0. The Morgan fingerprint density at radius 1 is 1.04 bits per heavy atom. The highest BCUT2D eigenvalue weighted by Crippen LogP contribution is 2.15. The summed E-state index contributed by atoms with van der Waals surface area (Å²) < 4.78 is 0. The van der Waals surface area contributed by atoms with Crippen LogP contribution in [0.4, 0.5) is 11.4 Å². The van der Waals surface area contributed by atoms with Gasteiger partial charge in [-0.15, -0.1) is 0 Å². The monoisotopic (exact) mass is 331 g/mol. The van der Waals surface area contributed by atoms with E-state index in [0.29, 0.717) is 16.3 Å². The van der Waals surface area contributed by atoms with Crippen LogP contribution >= 0.6 is 11.6 Å². The molecule has 6 heteroatoms. The number of carbonyl (C=O) groups is 2. The van der Waals surface area contributed by atoms with E-state index < -0.39 is 0 Å². The molecule has 2 aromatic carbocycles. The molecule has 0 saturated carbocycles. The summed E-state index contributed by atoms with van der Waals surface area (Å²) in [7, 11) is 3.41. The van der Waals surface area contributed by atoms with Gasteiger partial charge in [-0.25, -0.2) is 0 Å². The van der Waals surface area contributed by atoms with Crippen molar-refractivity contribution in [3.8, 4) is 0 Å². The second kappa shape index (κ2) is 7.65. The molecular weight excluding hydrogens is 314 g/mol. The fourth-order valence-corrected chi connectivity index (χ4v) is 2.13. The molecule has 0 saturated heterocycles. The first-order valence-corrected chi connectivity index (χ1v) is 7.44. The van der Waals surface area contributed by atoms with Crippen molar-refractivity contribution in [1.82, 2.24) is 4.90 Å². The summed E-state index contributed by atoms with van der Waals surface area (Å²) in [5.74, 6) is -0.240. The molecule has 0 aliphatic heterocycles. The molecule has 0 unspecified atom stereocenters. The summed E-state index contributed by atoms with van der Waals surface area (Å²) in [6.07, 6.45) is 0. The van der Waals surface area contributed by atoms with E-state index in [-0.39, 0.29) is 18.4 Å². The van der Waals surface area contributed by atoms with E-state index in [9.17, 15) is 9.59 Å². The summed E-state index contributed by atoms with van der Waals surface area (Å²) in [4.78, 5) is 25.2. The number of nitrogens with zero attached hydrogens (tertiary/aromatic N) is 1. The summed E-state index contributed by atoms with van der Waals surface area (Å²) >= 11 is 5.87. The molecule has 2 rings (SSSR count). The Morgan fingerprint density at radius 3 is 2.35 bits per heavy atom. The van der Waals surface area contributed by atoms with Crippen molar-refractivity contribution in [2.75, 3.05) is 31.3 Å². The largest absolute Gasteiger partial charge is 0.376 e.